The van der Waals surface area contributed by atoms with Gasteiger partial charge in [0.2, 0.25) is 0 Å². The zero-order chi connectivity index (χ0) is 28.4. The molecule has 0 unspecified atom stereocenters. The molecule has 4 nitrogen and oxygen atoms in total. The van der Waals surface area contributed by atoms with Gasteiger partial charge in [-0.05, 0) is 25.7 Å². The first-order valence-electron chi connectivity index (χ1n) is 17.3. The summed E-state index contributed by atoms with van der Waals surface area (Å²) < 4.78 is 4.68. The molecular weight excluding hydrogens is 488 g/mol. The third kappa shape index (κ3) is 18.3. The number of hydrogen-bond acceptors (Lipinski definition) is 2. The molecule has 2 rings (SSSR count). The van der Waals surface area contributed by atoms with Crippen LogP contribution in [0.15, 0.2) is 49.1 Å². The zero-order valence-corrected chi connectivity index (χ0v) is 26.5. The minimum atomic E-state index is 1.10. The van der Waals surface area contributed by atoms with Crippen molar-refractivity contribution in [2.24, 2.45) is 0 Å². The molecule has 2 heterocycles. The normalized spacial score (nSPS) is 11.2. The quantitative estimate of drug-likeness (QED) is 0.0854. The number of unbranched alkanes of at least 4 members (excludes halogenated alkanes) is 17. The summed E-state index contributed by atoms with van der Waals surface area (Å²) in [6.07, 6.45) is 36.0. The van der Waals surface area contributed by atoms with E-state index in [1.165, 1.54) is 140 Å². The lowest BCUT2D eigenvalue weighted by molar-refractivity contribution is -0.697. The van der Waals surface area contributed by atoms with Crippen LogP contribution in [0.1, 0.15) is 142 Å². The molecule has 0 aliphatic rings. The van der Waals surface area contributed by atoms with Crippen molar-refractivity contribution in [2.75, 3.05) is 23.7 Å². The van der Waals surface area contributed by atoms with Crippen molar-refractivity contribution >= 4 is 11.4 Å². The van der Waals surface area contributed by atoms with Gasteiger partial charge in [0, 0.05) is 61.6 Å². The van der Waals surface area contributed by atoms with Crippen LogP contribution < -0.4 is 19.8 Å². The fourth-order valence-electron chi connectivity index (χ4n) is 5.37. The number of nitrogens with zero attached hydrogens (tertiary/aromatic N) is 2. The number of aromatic nitrogens is 2. The van der Waals surface area contributed by atoms with Gasteiger partial charge >= 0.3 is 0 Å². The van der Waals surface area contributed by atoms with Gasteiger partial charge in [-0.1, -0.05) is 104 Å². The van der Waals surface area contributed by atoms with Crippen molar-refractivity contribution < 1.29 is 9.13 Å². The summed E-state index contributed by atoms with van der Waals surface area (Å²) in [5.74, 6) is 0. The van der Waals surface area contributed by atoms with Gasteiger partial charge in [-0.25, -0.2) is 9.13 Å². The van der Waals surface area contributed by atoms with Crippen molar-refractivity contribution in [3.8, 4) is 0 Å². The molecule has 0 aliphatic carbocycles. The number of nitrogens with one attached hydrogen (secondary N) is 2. The number of rotatable bonds is 27. The van der Waals surface area contributed by atoms with Gasteiger partial charge in [-0.15, -0.1) is 0 Å². The molecule has 0 aromatic carbocycles. The van der Waals surface area contributed by atoms with Crippen molar-refractivity contribution in [2.45, 2.75) is 155 Å². The van der Waals surface area contributed by atoms with E-state index >= 15 is 0 Å². The molecule has 4 heteroatoms. The largest absolute Gasteiger partial charge is 0.385 e. The second-order valence-electron chi connectivity index (χ2n) is 11.9. The third-order valence-corrected chi connectivity index (χ3v) is 8.08. The second kappa shape index (κ2) is 24.7. The Labute approximate surface area is 248 Å². The molecule has 40 heavy (non-hydrogen) atoms. The van der Waals surface area contributed by atoms with Gasteiger partial charge in [-0.3, -0.25) is 0 Å². The van der Waals surface area contributed by atoms with E-state index in [9.17, 15) is 0 Å². The van der Waals surface area contributed by atoms with Crippen LogP contribution in [0.25, 0.3) is 0 Å². The summed E-state index contributed by atoms with van der Waals surface area (Å²) in [6, 6.07) is 8.94. The second-order valence-corrected chi connectivity index (χ2v) is 11.9. The molecular formula is C36H64N4+2. The fourth-order valence-corrected chi connectivity index (χ4v) is 5.37. The lowest BCUT2D eigenvalue weighted by Crippen LogP contribution is -2.32. The standard InChI is InChI=1S/C36H62N4/c1-3-5-7-9-15-19-27-37-35-23-31-39(32-24-35)29-21-17-13-11-12-14-18-22-30-40-33-25-36(26-34-40)38-28-20-16-10-8-6-4-2/h23-26,31-34H,3-22,27-30H2,1-2H3/p+2. The highest BCUT2D eigenvalue weighted by molar-refractivity contribution is 5.40. The topological polar surface area (TPSA) is 31.8 Å². The van der Waals surface area contributed by atoms with Crippen molar-refractivity contribution in [1.82, 2.24) is 0 Å². The maximum atomic E-state index is 3.58. The Morgan fingerprint density at radius 3 is 1.05 bits per heavy atom. The molecule has 0 saturated heterocycles. The summed E-state index contributed by atoms with van der Waals surface area (Å²) in [4.78, 5) is 0. The minimum absolute atomic E-state index is 1.10. The van der Waals surface area contributed by atoms with Gasteiger partial charge in [0.1, 0.15) is 13.1 Å². The highest BCUT2D eigenvalue weighted by Gasteiger charge is 2.03. The Bertz CT molecular complexity index is 733. The Hall–Kier alpha value is -2.10. The van der Waals surface area contributed by atoms with E-state index in [1.54, 1.807) is 0 Å². The van der Waals surface area contributed by atoms with Crippen LogP contribution in [0.5, 0.6) is 0 Å². The summed E-state index contributed by atoms with van der Waals surface area (Å²) in [7, 11) is 0. The van der Waals surface area contributed by atoms with E-state index in [-0.39, 0.29) is 0 Å². The van der Waals surface area contributed by atoms with Gasteiger partial charge < -0.3 is 10.6 Å². The predicted octanol–water partition coefficient (Wildman–Crippen LogP) is 9.63. The van der Waals surface area contributed by atoms with Crippen molar-refractivity contribution in [3.63, 3.8) is 0 Å². The minimum Gasteiger partial charge on any atom is -0.385 e. The number of anilines is 2. The van der Waals surface area contributed by atoms with Crippen molar-refractivity contribution in [1.29, 1.82) is 0 Å². The zero-order valence-electron chi connectivity index (χ0n) is 26.5. The average Bonchev–Trinajstić information content (AvgIpc) is 2.98. The van der Waals surface area contributed by atoms with Gasteiger partial charge in [0.15, 0.2) is 24.8 Å². The predicted molar refractivity (Wildman–Crippen MR) is 174 cm³/mol. The maximum Gasteiger partial charge on any atom is 0.170 e. The first-order valence-corrected chi connectivity index (χ1v) is 17.3. The SMILES string of the molecule is CCCCCCCCNc1cc[n+](CCCCCCCCCC[n+]2ccc(NCCCCCCCC)cc2)cc1. The molecule has 0 aliphatic heterocycles. The van der Waals surface area contributed by atoms with Crippen LogP contribution in [0.2, 0.25) is 0 Å². The molecule has 2 aromatic heterocycles. The number of aryl methyl sites for hydroxylation is 2. The smallest absolute Gasteiger partial charge is 0.170 e. The molecule has 0 fully saturated rings. The van der Waals surface area contributed by atoms with E-state index in [1.807, 2.05) is 0 Å². The lowest BCUT2D eigenvalue weighted by atomic mass is 10.1. The fraction of sp³-hybridized carbons (Fsp3) is 0.722. The first-order chi connectivity index (χ1) is 19.8. The monoisotopic (exact) mass is 553 g/mol. The molecule has 0 spiro atoms. The first kappa shape index (κ1) is 34.1. The van der Waals surface area contributed by atoms with Gasteiger partial charge in [-0.2, -0.15) is 0 Å². The third-order valence-electron chi connectivity index (χ3n) is 8.08. The van der Waals surface area contributed by atoms with E-state index in [0.717, 1.165) is 26.2 Å². The van der Waals surface area contributed by atoms with Gasteiger partial charge in [0.05, 0.1) is 0 Å². The van der Waals surface area contributed by atoms with Crippen molar-refractivity contribution in [3.05, 3.63) is 49.1 Å². The molecule has 0 radical (unpaired) electrons. The highest BCUT2D eigenvalue weighted by atomic mass is 14.9. The molecule has 226 valence electrons. The summed E-state index contributed by atoms with van der Waals surface area (Å²) in [5, 5.41) is 7.15. The summed E-state index contributed by atoms with van der Waals surface area (Å²) in [5.41, 5.74) is 2.52. The van der Waals surface area contributed by atoms with Crippen LogP contribution in [-0.4, -0.2) is 13.1 Å². The average molecular weight is 553 g/mol. The summed E-state index contributed by atoms with van der Waals surface area (Å²) in [6.45, 7) is 9.03. The van der Waals surface area contributed by atoms with E-state index in [4.69, 9.17) is 0 Å². The lowest BCUT2D eigenvalue weighted by Gasteiger charge is -2.06. The Morgan fingerprint density at radius 1 is 0.400 bits per heavy atom. The van der Waals surface area contributed by atoms with Crippen LogP contribution >= 0.6 is 0 Å². The van der Waals surface area contributed by atoms with Gasteiger partial charge in [0.25, 0.3) is 0 Å². The molecule has 0 saturated carbocycles. The van der Waals surface area contributed by atoms with Crippen LogP contribution in [-0.2, 0) is 13.1 Å². The van der Waals surface area contributed by atoms with E-state index < -0.39 is 0 Å². The molecule has 0 atom stereocenters. The number of hydrogen-bond donors (Lipinski definition) is 2. The van der Waals surface area contributed by atoms with Crippen LogP contribution in [0.4, 0.5) is 11.4 Å². The van der Waals surface area contributed by atoms with Crippen LogP contribution in [0, 0.1) is 0 Å². The van der Waals surface area contributed by atoms with E-state index in [0.29, 0.717) is 0 Å². The molecule has 2 aromatic rings. The summed E-state index contributed by atoms with van der Waals surface area (Å²) >= 11 is 0. The molecule has 0 amide bonds. The highest BCUT2D eigenvalue weighted by Crippen LogP contribution is 2.11. The number of pyridine rings is 2. The molecule has 2 N–H and O–H groups in total. The Balaban J connectivity index is 1.38. The Kier molecular flexibility index (Phi) is 21.0. The maximum absolute atomic E-state index is 3.58. The Morgan fingerprint density at radius 2 is 0.700 bits per heavy atom. The van der Waals surface area contributed by atoms with E-state index in [2.05, 4.69) is 82.7 Å². The molecule has 0 bridgehead atoms. The van der Waals surface area contributed by atoms with Crippen LogP contribution in [0.3, 0.4) is 0 Å².